The number of hydrogen-bond acceptors (Lipinski definition) is 6. The number of carbonyl (C=O) groups is 1. The third-order valence-electron chi connectivity index (χ3n) is 4.79. The molecule has 0 radical (unpaired) electrons. The summed E-state index contributed by atoms with van der Waals surface area (Å²) in [5.41, 5.74) is 1.83. The number of nitrogens with zero attached hydrogens (tertiary/aromatic N) is 4. The van der Waals surface area contributed by atoms with Crippen LogP contribution < -0.4 is 5.32 Å². The van der Waals surface area contributed by atoms with E-state index in [-0.39, 0.29) is 17.6 Å². The van der Waals surface area contributed by atoms with Crippen molar-refractivity contribution >= 4 is 22.4 Å². The van der Waals surface area contributed by atoms with Crippen LogP contribution >= 0.6 is 11.3 Å². The maximum atomic E-state index is 14.3. The van der Waals surface area contributed by atoms with Crippen LogP contribution in [-0.4, -0.2) is 45.4 Å². The molecule has 1 saturated heterocycles. The summed E-state index contributed by atoms with van der Waals surface area (Å²) in [6.07, 6.45) is 6.78. The molecule has 3 heterocycles. The van der Waals surface area contributed by atoms with E-state index >= 15 is 0 Å². The second-order valence-electron chi connectivity index (χ2n) is 6.73. The van der Waals surface area contributed by atoms with Gasteiger partial charge in [0.25, 0.3) is 0 Å². The molecule has 1 atom stereocenters. The van der Waals surface area contributed by atoms with Crippen LogP contribution in [0.1, 0.15) is 24.5 Å². The molecule has 1 aliphatic rings. The minimum Gasteiger partial charge on any atom is -0.301 e. The lowest BCUT2D eigenvalue weighted by Crippen LogP contribution is -2.40. The summed E-state index contributed by atoms with van der Waals surface area (Å²) >= 11 is 1.40. The van der Waals surface area contributed by atoms with Crippen LogP contribution in [0.4, 0.5) is 9.52 Å². The summed E-state index contributed by atoms with van der Waals surface area (Å²) in [6, 6.07) is 6.63. The predicted molar refractivity (Wildman–Crippen MR) is 107 cm³/mol. The highest BCUT2D eigenvalue weighted by atomic mass is 32.1. The van der Waals surface area contributed by atoms with Gasteiger partial charge in [0.2, 0.25) is 5.91 Å². The minimum absolute atomic E-state index is 0.0796. The van der Waals surface area contributed by atoms with Gasteiger partial charge >= 0.3 is 0 Å². The Morgan fingerprint density at radius 2 is 2.07 bits per heavy atom. The first-order chi connectivity index (χ1) is 13.7. The SMILES string of the molecule is O=C(CN1CCCC(c2nccnc2-c2ccccc2F)C1)Nc1nccs1. The Kier molecular flexibility index (Phi) is 5.68. The van der Waals surface area contributed by atoms with E-state index < -0.39 is 0 Å². The number of rotatable bonds is 5. The zero-order chi connectivity index (χ0) is 19.3. The van der Waals surface area contributed by atoms with Crippen LogP contribution in [0.2, 0.25) is 0 Å². The third-order valence-corrected chi connectivity index (χ3v) is 5.48. The summed E-state index contributed by atoms with van der Waals surface area (Å²) in [5, 5.41) is 5.25. The van der Waals surface area contributed by atoms with Crippen molar-refractivity contribution in [1.82, 2.24) is 19.9 Å². The lowest BCUT2D eigenvalue weighted by molar-refractivity contribution is -0.117. The highest BCUT2D eigenvalue weighted by Crippen LogP contribution is 2.32. The number of anilines is 1. The molecule has 144 valence electrons. The highest BCUT2D eigenvalue weighted by molar-refractivity contribution is 7.13. The first-order valence-corrected chi connectivity index (χ1v) is 10.1. The number of nitrogens with one attached hydrogen (secondary N) is 1. The molecular weight excluding hydrogens is 377 g/mol. The van der Waals surface area contributed by atoms with Gasteiger partial charge in [0.15, 0.2) is 5.13 Å². The van der Waals surface area contributed by atoms with E-state index in [0.717, 1.165) is 25.1 Å². The lowest BCUT2D eigenvalue weighted by atomic mass is 9.91. The first-order valence-electron chi connectivity index (χ1n) is 9.18. The Balaban J connectivity index is 1.49. The van der Waals surface area contributed by atoms with Gasteiger partial charge in [-0.25, -0.2) is 9.37 Å². The van der Waals surface area contributed by atoms with Gasteiger partial charge in [-0.2, -0.15) is 0 Å². The molecule has 0 bridgehead atoms. The first kappa shape index (κ1) is 18.6. The number of piperidine rings is 1. The molecule has 0 aliphatic carbocycles. The van der Waals surface area contributed by atoms with Crippen molar-refractivity contribution in [3.8, 4) is 11.3 Å². The Bertz CT molecular complexity index is 949. The van der Waals surface area contributed by atoms with Crippen LogP contribution in [0, 0.1) is 5.82 Å². The molecule has 0 spiro atoms. The Morgan fingerprint density at radius 1 is 1.21 bits per heavy atom. The molecule has 4 rings (SSSR count). The highest BCUT2D eigenvalue weighted by Gasteiger charge is 2.27. The summed E-state index contributed by atoms with van der Waals surface area (Å²) in [6.45, 7) is 1.83. The number of likely N-dealkylation sites (tertiary alicyclic amines) is 1. The molecular formula is C20H20FN5OS. The van der Waals surface area contributed by atoms with Gasteiger partial charge in [0.1, 0.15) is 5.82 Å². The summed E-state index contributed by atoms with van der Waals surface area (Å²) in [4.78, 5) is 27.4. The van der Waals surface area contributed by atoms with E-state index in [1.807, 2.05) is 5.38 Å². The van der Waals surface area contributed by atoms with E-state index in [2.05, 4.69) is 25.2 Å². The van der Waals surface area contributed by atoms with Gasteiger partial charge in [-0.05, 0) is 31.5 Å². The van der Waals surface area contributed by atoms with Gasteiger partial charge in [-0.15, -0.1) is 11.3 Å². The smallest absolute Gasteiger partial charge is 0.240 e. The zero-order valence-electron chi connectivity index (χ0n) is 15.2. The van der Waals surface area contributed by atoms with Crippen molar-refractivity contribution in [3.63, 3.8) is 0 Å². The van der Waals surface area contributed by atoms with Crippen molar-refractivity contribution in [3.05, 3.63) is 59.7 Å². The van der Waals surface area contributed by atoms with Crippen LogP contribution in [0.5, 0.6) is 0 Å². The standard InChI is InChI=1S/C20H20FN5OS/c21-16-6-2-1-5-15(16)19-18(22-7-8-23-19)14-4-3-10-26(12-14)13-17(27)25-20-24-9-11-28-20/h1-2,5-9,11,14H,3-4,10,12-13H2,(H,24,25,27). The number of halogens is 1. The fourth-order valence-corrected chi connectivity index (χ4v) is 4.12. The summed E-state index contributed by atoms with van der Waals surface area (Å²) in [7, 11) is 0. The molecule has 1 aromatic carbocycles. The Morgan fingerprint density at radius 3 is 2.89 bits per heavy atom. The molecule has 6 nitrogen and oxygen atoms in total. The minimum atomic E-state index is -0.306. The van der Waals surface area contributed by atoms with Crippen LogP contribution in [-0.2, 0) is 4.79 Å². The Labute approximate surface area is 166 Å². The third kappa shape index (κ3) is 4.23. The van der Waals surface area contributed by atoms with E-state index in [9.17, 15) is 9.18 Å². The molecule has 2 aromatic heterocycles. The van der Waals surface area contributed by atoms with Crippen LogP contribution in [0.15, 0.2) is 48.2 Å². The van der Waals surface area contributed by atoms with Gasteiger partial charge in [0.05, 0.1) is 17.9 Å². The number of carbonyl (C=O) groups excluding carboxylic acids is 1. The summed E-state index contributed by atoms with van der Waals surface area (Å²) < 4.78 is 14.3. The molecule has 1 fully saturated rings. The molecule has 1 aliphatic heterocycles. The molecule has 3 aromatic rings. The van der Waals surface area contributed by atoms with E-state index in [1.54, 1.807) is 36.8 Å². The van der Waals surface area contributed by atoms with Crippen molar-refractivity contribution in [2.75, 3.05) is 25.0 Å². The van der Waals surface area contributed by atoms with Crippen molar-refractivity contribution < 1.29 is 9.18 Å². The predicted octanol–water partition coefficient (Wildman–Crippen LogP) is 3.56. The van der Waals surface area contributed by atoms with E-state index in [0.29, 0.717) is 29.5 Å². The fraction of sp³-hybridized carbons (Fsp3) is 0.300. The zero-order valence-corrected chi connectivity index (χ0v) is 16.0. The second kappa shape index (κ2) is 8.53. The topological polar surface area (TPSA) is 71.0 Å². The number of thiazole rings is 1. The van der Waals surface area contributed by atoms with Crippen LogP contribution in [0.3, 0.4) is 0 Å². The van der Waals surface area contributed by atoms with Crippen molar-refractivity contribution in [1.29, 1.82) is 0 Å². The van der Waals surface area contributed by atoms with E-state index in [4.69, 9.17) is 0 Å². The maximum absolute atomic E-state index is 14.3. The van der Waals surface area contributed by atoms with Crippen LogP contribution in [0.25, 0.3) is 11.3 Å². The maximum Gasteiger partial charge on any atom is 0.240 e. The second-order valence-corrected chi connectivity index (χ2v) is 7.62. The average Bonchev–Trinajstić information content (AvgIpc) is 3.21. The number of amides is 1. The number of aromatic nitrogens is 3. The molecule has 1 unspecified atom stereocenters. The average molecular weight is 397 g/mol. The molecule has 1 amide bonds. The largest absolute Gasteiger partial charge is 0.301 e. The van der Waals surface area contributed by atoms with Gasteiger partial charge in [-0.3, -0.25) is 19.7 Å². The van der Waals surface area contributed by atoms with Crippen molar-refractivity contribution in [2.45, 2.75) is 18.8 Å². The summed E-state index contributed by atoms with van der Waals surface area (Å²) in [5.74, 6) is -0.284. The normalized spacial score (nSPS) is 17.4. The monoisotopic (exact) mass is 397 g/mol. The molecule has 1 N–H and O–H groups in total. The number of benzene rings is 1. The van der Waals surface area contributed by atoms with Gasteiger partial charge in [-0.1, -0.05) is 12.1 Å². The molecule has 28 heavy (non-hydrogen) atoms. The molecule has 8 heteroatoms. The van der Waals surface area contributed by atoms with Gasteiger partial charge < -0.3 is 5.32 Å². The van der Waals surface area contributed by atoms with Gasteiger partial charge in [0, 0.05) is 42.0 Å². The number of hydrogen-bond donors (Lipinski definition) is 1. The van der Waals surface area contributed by atoms with Crippen molar-refractivity contribution in [2.24, 2.45) is 0 Å². The Hall–Kier alpha value is -2.71. The molecule has 0 saturated carbocycles. The fourth-order valence-electron chi connectivity index (χ4n) is 3.58. The quantitative estimate of drug-likeness (QED) is 0.713. The lowest BCUT2D eigenvalue weighted by Gasteiger charge is -2.32. The van der Waals surface area contributed by atoms with E-state index in [1.165, 1.54) is 17.4 Å².